The highest BCUT2D eigenvalue weighted by atomic mass is 19.1. The standard InChI is InChI=1S/C39H45FN8O4/c1-39(2)11-7-28-32(22-39)43-44-35(28)31-20-27-19-25(4-6-30(27)41-31)36(50)47-17-15-45(16-18-47)23-24-8-12-46(13-9-24)37(51)26-3-5-29(40)33(21-26)48-14-10-34(49)42-38(48)52/h3-6,19-21,24,41H,7-18,22-23H2,1-2H3,(H,43,44)(H,42,49,52). The normalized spacial score (nSPS) is 19.9. The van der Waals surface area contributed by atoms with Crippen LogP contribution in [0.5, 0.6) is 0 Å². The van der Waals surface area contributed by atoms with Crippen LogP contribution in [0.4, 0.5) is 14.9 Å². The number of piperazine rings is 1. The van der Waals surface area contributed by atoms with Crippen molar-refractivity contribution in [3.63, 3.8) is 0 Å². The molecule has 5 heterocycles. The highest BCUT2D eigenvalue weighted by molar-refractivity contribution is 6.06. The van der Waals surface area contributed by atoms with Gasteiger partial charge < -0.3 is 14.8 Å². The van der Waals surface area contributed by atoms with Crippen molar-refractivity contribution < 1.29 is 23.6 Å². The number of anilines is 1. The van der Waals surface area contributed by atoms with Crippen LogP contribution in [0.2, 0.25) is 0 Å². The first-order valence-electron chi connectivity index (χ1n) is 18.4. The van der Waals surface area contributed by atoms with Crippen LogP contribution in [-0.2, 0) is 17.6 Å². The fourth-order valence-corrected chi connectivity index (χ4v) is 8.29. The van der Waals surface area contributed by atoms with Gasteiger partial charge >= 0.3 is 6.03 Å². The fourth-order valence-electron chi connectivity index (χ4n) is 8.29. The number of urea groups is 1. The Hall–Kier alpha value is -5.04. The summed E-state index contributed by atoms with van der Waals surface area (Å²) >= 11 is 0. The molecule has 0 atom stereocenters. The van der Waals surface area contributed by atoms with Gasteiger partial charge in [0.15, 0.2) is 0 Å². The summed E-state index contributed by atoms with van der Waals surface area (Å²) < 4.78 is 14.7. The number of amides is 5. The number of aromatic amines is 2. The summed E-state index contributed by atoms with van der Waals surface area (Å²) in [6.07, 6.45) is 4.91. The zero-order chi connectivity index (χ0) is 36.1. The van der Waals surface area contributed by atoms with Crippen LogP contribution in [-0.4, -0.2) is 106 Å². The SMILES string of the molecule is CC1(C)CCc2c(-c3cc4cc(C(=O)N5CCN(CC6CCN(C(=O)c7ccc(F)c(N8CCC(=O)NC8=O)c7)CC6)CC5)ccc4[nH]3)n[nH]c2C1. The van der Waals surface area contributed by atoms with Crippen molar-refractivity contribution >= 4 is 40.3 Å². The lowest BCUT2D eigenvalue weighted by Crippen LogP contribution is -2.50. The third-order valence-electron chi connectivity index (χ3n) is 11.4. The molecule has 0 unspecified atom stereocenters. The number of H-pyrrole nitrogens is 2. The first kappa shape index (κ1) is 34.1. The van der Waals surface area contributed by atoms with Crippen molar-refractivity contribution in [1.82, 2.24) is 35.2 Å². The van der Waals surface area contributed by atoms with E-state index in [-0.39, 0.29) is 35.9 Å². The maximum absolute atomic E-state index is 14.7. The van der Waals surface area contributed by atoms with Crippen molar-refractivity contribution in [3.8, 4) is 11.4 Å². The molecule has 5 amide bonds. The Labute approximate surface area is 301 Å². The van der Waals surface area contributed by atoms with E-state index >= 15 is 0 Å². The molecule has 272 valence electrons. The Morgan fingerprint density at radius 2 is 1.60 bits per heavy atom. The van der Waals surface area contributed by atoms with Gasteiger partial charge in [-0.1, -0.05) is 13.8 Å². The van der Waals surface area contributed by atoms with E-state index in [0.29, 0.717) is 43.2 Å². The zero-order valence-corrected chi connectivity index (χ0v) is 29.8. The van der Waals surface area contributed by atoms with Gasteiger partial charge in [0, 0.05) is 92.1 Å². The van der Waals surface area contributed by atoms with E-state index in [0.717, 1.165) is 78.9 Å². The molecule has 3 saturated heterocycles. The number of hydrogen-bond donors (Lipinski definition) is 3. The van der Waals surface area contributed by atoms with Gasteiger partial charge in [-0.3, -0.25) is 34.6 Å². The molecule has 12 nitrogen and oxygen atoms in total. The van der Waals surface area contributed by atoms with E-state index in [1.807, 2.05) is 23.1 Å². The van der Waals surface area contributed by atoms with Crippen LogP contribution in [0.25, 0.3) is 22.3 Å². The summed E-state index contributed by atoms with van der Waals surface area (Å²) in [5.41, 5.74) is 6.75. The highest BCUT2D eigenvalue weighted by Crippen LogP contribution is 2.38. The first-order valence-corrected chi connectivity index (χ1v) is 18.4. The number of imide groups is 1. The minimum atomic E-state index is -0.689. The molecule has 3 aliphatic heterocycles. The van der Waals surface area contributed by atoms with Crippen molar-refractivity contribution in [2.45, 2.75) is 52.4 Å². The molecule has 4 aliphatic rings. The number of rotatable bonds is 6. The number of likely N-dealkylation sites (tertiary alicyclic amines) is 1. The predicted octanol–water partition coefficient (Wildman–Crippen LogP) is 4.97. The summed E-state index contributed by atoms with van der Waals surface area (Å²) in [4.78, 5) is 61.6. The smallest absolute Gasteiger partial charge is 0.328 e. The predicted molar refractivity (Wildman–Crippen MR) is 195 cm³/mol. The van der Waals surface area contributed by atoms with Gasteiger partial charge in [-0.05, 0) is 85.9 Å². The third-order valence-corrected chi connectivity index (χ3v) is 11.4. The molecule has 0 spiro atoms. The molecular weight excluding hydrogens is 663 g/mol. The van der Waals surface area contributed by atoms with E-state index in [1.165, 1.54) is 29.5 Å². The number of fused-ring (bicyclic) bond motifs is 2. The van der Waals surface area contributed by atoms with Crippen LogP contribution in [0.15, 0.2) is 42.5 Å². The molecule has 8 rings (SSSR count). The number of carbonyl (C=O) groups is 4. The molecule has 2 aromatic carbocycles. The first-order chi connectivity index (χ1) is 25.0. The van der Waals surface area contributed by atoms with Gasteiger partial charge in [-0.2, -0.15) is 5.10 Å². The summed E-state index contributed by atoms with van der Waals surface area (Å²) in [5.74, 6) is -0.737. The Morgan fingerprint density at radius 1 is 0.885 bits per heavy atom. The molecular formula is C39H45FN8O4. The highest BCUT2D eigenvalue weighted by Gasteiger charge is 2.32. The largest absolute Gasteiger partial charge is 0.353 e. The number of aromatic nitrogens is 3. The van der Waals surface area contributed by atoms with Gasteiger partial charge in [0.05, 0.1) is 11.4 Å². The molecule has 0 bridgehead atoms. The summed E-state index contributed by atoms with van der Waals surface area (Å²) in [6.45, 7) is 9.70. The van der Waals surface area contributed by atoms with Crippen LogP contribution in [0.3, 0.4) is 0 Å². The second-order valence-corrected chi connectivity index (χ2v) is 15.6. The number of nitrogens with zero attached hydrogens (tertiary/aromatic N) is 5. The van der Waals surface area contributed by atoms with Gasteiger partial charge in [0.1, 0.15) is 11.5 Å². The molecule has 52 heavy (non-hydrogen) atoms. The average molecular weight is 709 g/mol. The number of hydrogen-bond acceptors (Lipinski definition) is 6. The average Bonchev–Trinajstić information content (AvgIpc) is 3.75. The molecule has 1 aliphatic carbocycles. The lowest BCUT2D eigenvalue weighted by Gasteiger charge is -2.39. The Balaban J connectivity index is 0.828. The third kappa shape index (κ3) is 6.69. The van der Waals surface area contributed by atoms with Crippen LogP contribution < -0.4 is 10.2 Å². The molecule has 4 aromatic rings. The Morgan fingerprint density at radius 3 is 2.35 bits per heavy atom. The lowest BCUT2D eigenvalue weighted by molar-refractivity contribution is -0.120. The second-order valence-electron chi connectivity index (χ2n) is 15.6. The monoisotopic (exact) mass is 708 g/mol. The van der Waals surface area contributed by atoms with Crippen molar-refractivity contribution in [2.24, 2.45) is 11.3 Å². The van der Waals surface area contributed by atoms with E-state index < -0.39 is 17.8 Å². The van der Waals surface area contributed by atoms with Crippen molar-refractivity contribution in [1.29, 1.82) is 0 Å². The zero-order valence-electron chi connectivity index (χ0n) is 29.8. The number of benzene rings is 2. The van der Waals surface area contributed by atoms with E-state index in [1.54, 1.807) is 4.90 Å². The number of nitrogens with one attached hydrogen (secondary N) is 3. The summed E-state index contributed by atoms with van der Waals surface area (Å²) in [5, 5.41) is 11.1. The molecule has 2 aromatic heterocycles. The van der Waals surface area contributed by atoms with E-state index in [4.69, 9.17) is 0 Å². The Bertz CT molecular complexity index is 2050. The molecule has 3 fully saturated rings. The quantitative estimate of drug-likeness (QED) is 0.259. The maximum atomic E-state index is 14.7. The van der Waals surface area contributed by atoms with Crippen molar-refractivity contribution in [2.75, 3.05) is 57.3 Å². The minimum absolute atomic E-state index is 0.00469. The molecule has 0 saturated carbocycles. The van der Waals surface area contributed by atoms with Crippen molar-refractivity contribution in [3.05, 3.63) is 70.7 Å². The molecule has 0 radical (unpaired) electrons. The van der Waals surface area contributed by atoms with Crippen LogP contribution in [0.1, 0.15) is 71.5 Å². The van der Waals surface area contributed by atoms with Gasteiger partial charge in [0.2, 0.25) is 5.91 Å². The summed E-state index contributed by atoms with van der Waals surface area (Å²) in [6, 6.07) is 11.4. The van der Waals surface area contributed by atoms with Gasteiger partial charge in [0.25, 0.3) is 11.8 Å². The van der Waals surface area contributed by atoms with Crippen LogP contribution >= 0.6 is 0 Å². The number of halogens is 1. The van der Waals surface area contributed by atoms with E-state index in [9.17, 15) is 23.6 Å². The molecule has 3 N–H and O–H groups in total. The number of piperidine rings is 1. The van der Waals surface area contributed by atoms with Crippen LogP contribution in [0, 0.1) is 17.2 Å². The fraction of sp³-hybridized carbons (Fsp3) is 0.462. The topological polar surface area (TPSA) is 138 Å². The lowest BCUT2D eigenvalue weighted by atomic mass is 9.76. The summed E-state index contributed by atoms with van der Waals surface area (Å²) in [7, 11) is 0. The minimum Gasteiger partial charge on any atom is -0.353 e. The second kappa shape index (κ2) is 13.5. The Kier molecular flexibility index (Phi) is 8.84. The van der Waals surface area contributed by atoms with Gasteiger partial charge in [-0.25, -0.2) is 9.18 Å². The number of carbonyl (C=O) groups excluding carboxylic acids is 4. The maximum Gasteiger partial charge on any atom is 0.328 e. The van der Waals surface area contributed by atoms with E-state index in [2.05, 4.69) is 45.3 Å². The van der Waals surface area contributed by atoms with Gasteiger partial charge in [-0.15, -0.1) is 0 Å². The molecule has 13 heteroatoms.